The zero-order valence-electron chi connectivity index (χ0n) is 10.2. The van der Waals surface area contributed by atoms with Gasteiger partial charge in [-0.15, -0.1) is 0 Å². The van der Waals surface area contributed by atoms with Crippen molar-refractivity contribution in [1.29, 1.82) is 0 Å². The third-order valence-electron chi connectivity index (χ3n) is 3.30. The van der Waals surface area contributed by atoms with E-state index in [1.807, 2.05) is 6.92 Å². The summed E-state index contributed by atoms with van der Waals surface area (Å²) in [4.78, 5) is 14.0. The Morgan fingerprint density at radius 3 is 3.06 bits per heavy atom. The van der Waals surface area contributed by atoms with E-state index in [4.69, 9.17) is 0 Å². The van der Waals surface area contributed by atoms with E-state index in [0.29, 0.717) is 5.56 Å². The summed E-state index contributed by atoms with van der Waals surface area (Å²) in [6.07, 6.45) is 6.37. The third-order valence-corrected chi connectivity index (χ3v) is 3.30. The van der Waals surface area contributed by atoms with Gasteiger partial charge in [0.25, 0.3) is 5.91 Å². The van der Waals surface area contributed by atoms with Gasteiger partial charge >= 0.3 is 0 Å². The fraction of sp³-hybridized carbons (Fsp3) is 0.667. The van der Waals surface area contributed by atoms with Gasteiger partial charge in [-0.3, -0.25) is 9.48 Å². The van der Waals surface area contributed by atoms with Gasteiger partial charge < -0.3 is 10.0 Å². The van der Waals surface area contributed by atoms with Gasteiger partial charge in [-0.25, -0.2) is 0 Å². The quantitative estimate of drug-likeness (QED) is 0.849. The summed E-state index contributed by atoms with van der Waals surface area (Å²) in [5, 5.41) is 13.4. The molecule has 1 aromatic rings. The third kappa shape index (κ3) is 2.49. The average molecular weight is 237 g/mol. The maximum atomic E-state index is 12.3. The van der Waals surface area contributed by atoms with Gasteiger partial charge in [0, 0.05) is 19.3 Å². The maximum absolute atomic E-state index is 12.3. The minimum Gasteiger partial charge on any atom is -0.394 e. The Hall–Kier alpha value is -1.36. The van der Waals surface area contributed by atoms with E-state index >= 15 is 0 Å². The number of rotatable bonds is 3. The van der Waals surface area contributed by atoms with Crippen molar-refractivity contribution in [2.24, 2.45) is 0 Å². The Bertz CT molecular complexity index is 389. The number of likely N-dealkylation sites (tertiary alicyclic amines) is 1. The van der Waals surface area contributed by atoms with Gasteiger partial charge in [0.15, 0.2) is 0 Å². The molecule has 0 radical (unpaired) electrons. The Morgan fingerprint density at radius 2 is 2.41 bits per heavy atom. The molecule has 0 bridgehead atoms. The van der Waals surface area contributed by atoms with Crippen LogP contribution in [0.4, 0.5) is 0 Å². The lowest BCUT2D eigenvalue weighted by Gasteiger charge is -2.34. The molecule has 1 aromatic heterocycles. The number of carbonyl (C=O) groups is 1. The van der Waals surface area contributed by atoms with E-state index in [2.05, 4.69) is 5.10 Å². The SMILES string of the molecule is CCn1cc(C(=O)N2CCCCC2CO)cn1. The molecule has 5 heteroatoms. The van der Waals surface area contributed by atoms with Crippen molar-refractivity contribution in [3.63, 3.8) is 0 Å². The zero-order chi connectivity index (χ0) is 12.3. The first-order valence-corrected chi connectivity index (χ1v) is 6.20. The largest absolute Gasteiger partial charge is 0.394 e. The fourth-order valence-corrected chi connectivity index (χ4v) is 2.27. The number of carbonyl (C=O) groups excluding carboxylic acids is 1. The predicted molar refractivity (Wildman–Crippen MR) is 63.7 cm³/mol. The molecule has 1 aliphatic rings. The van der Waals surface area contributed by atoms with Crippen molar-refractivity contribution in [3.05, 3.63) is 18.0 Å². The number of aliphatic hydroxyl groups is 1. The molecule has 1 saturated heterocycles. The minimum atomic E-state index is -0.0266. The van der Waals surface area contributed by atoms with Crippen molar-refractivity contribution in [2.45, 2.75) is 38.8 Å². The minimum absolute atomic E-state index is 0.0107. The van der Waals surface area contributed by atoms with Crippen molar-refractivity contribution in [3.8, 4) is 0 Å². The Morgan fingerprint density at radius 1 is 1.59 bits per heavy atom. The fourth-order valence-electron chi connectivity index (χ4n) is 2.27. The van der Waals surface area contributed by atoms with Crippen LogP contribution in [-0.2, 0) is 6.54 Å². The average Bonchev–Trinajstić information content (AvgIpc) is 2.86. The predicted octanol–water partition coefficient (Wildman–Crippen LogP) is 0.890. The Labute approximate surface area is 101 Å². The molecule has 1 aliphatic heterocycles. The molecule has 1 fully saturated rings. The Balaban J connectivity index is 2.12. The molecule has 2 heterocycles. The molecule has 0 spiro atoms. The van der Waals surface area contributed by atoms with E-state index in [-0.39, 0.29) is 18.6 Å². The van der Waals surface area contributed by atoms with Crippen LogP contribution in [0.5, 0.6) is 0 Å². The second-order valence-electron chi connectivity index (χ2n) is 4.42. The summed E-state index contributed by atoms with van der Waals surface area (Å²) in [7, 11) is 0. The standard InChI is InChI=1S/C12H19N3O2/c1-2-14-8-10(7-13-14)12(17)15-6-4-3-5-11(15)9-16/h7-8,11,16H,2-6,9H2,1H3. The van der Waals surface area contributed by atoms with Crippen LogP contribution in [0.15, 0.2) is 12.4 Å². The van der Waals surface area contributed by atoms with Gasteiger partial charge in [-0.2, -0.15) is 5.10 Å². The van der Waals surface area contributed by atoms with Crippen LogP contribution in [0.1, 0.15) is 36.5 Å². The summed E-state index contributed by atoms with van der Waals surface area (Å²) in [6, 6.07) is -0.0266. The molecule has 17 heavy (non-hydrogen) atoms. The van der Waals surface area contributed by atoms with Gasteiger partial charge in [0.05, 0.1) is 24.4 Å². The zero-order valence-corrected chi connectivity index (χ0v) is 10.2. The van der Waals surface area contributed by atoms with Crippen LogP contribution in [-0.4, -0.2) is 44.9 Å². The van der Waals surface area contributed by atoms with E-state index in [0.717, 1.165) is 32.4 Å². The van der Waals surface area contributed by atoms with E-state index < -0.39 is 0 Å². The normalized spacial score (nSPS) is 20.6. The molecule has 0 aliphatic carbocycles. The van der Waals surface area contributed by atoms with Gasteiger partial charge in [-0.05, 0) is 26.2 Å². The summed E-state index contributed by atoms with van der Waals surface area (Å²) in [6.45, 7) is 3.53. The molecule has 1 N–H and O–H groups in total. The lowest BCUT2D eigenvalue weighted by molar-refractivity contribution is 0.0503. The second kappa shape index (κ2) is 5.31. The number of hydrogen-bond acceptors (Lipinski definition) is 3. The molecule has 0 aromatic carbocycles. The highest BCUT2D eigenvalue weighted by Crippen LogP contribution is 2.19. The molecule has 0 saturated carbocycles. The number of aromatic nitrogens is 2. The molecule has 2 rings (SSSR count). The van der Waals surface area contributed by atoms with Gasteiger partial charge in [-0.1, -0.05) is 0 Å². The highest BCUT2D eigenvalue weighted by atomic mass is 16.3. The van der Waals surface area contributed by atoms with Crippen molar-refractivity contribution < 1.29 is 9.90 Å². The molecular formula is C12H19N3O2. The molecule has 1 amide bonds. The van der Waals surface area contributed by atoms with Crippen molar-refractivity contribution >= 4 is 5.91 Å². The topological polar surface area (TPSA) is 58.4 Å². The number of aliphatic hydroxyl groups excluding tert-OH is 1. The molecular weight excluding hydrogens is 218 g/mol. The smallest absolute Gasteiger partial charge is 0.257 e. The first-order valence-electron chi connectivity index (χ1n) is 6.20. The maximum Gasteiger partial charge on any atom is 0.257 e. The van der Waals surface area contributed by atoms with Gasteiger partial charge in [0.1, 0.15) is 0 Å². The molecule has 1 unspecified atom stereocenters. The van der Waals surface area contributed by atoms with E-state index in [1.165, 1.54) is 0 Å². The molecule has 1 atom stereocenters. The lowest BCUT2D eigenvalue weighted by Crippen LogP contribution is -2.45. The summed E-state index contributed by atoms with van der Waals surface area (Å²) >= 11 is 0. The van der Waals surface area contributed by atoms with Crippen LogP contribution in [0.2, 0.25) is 0 Å². The molecule has 5 nitrogen and oxygen atoms in total. The summed E-state index contributed by atoms with van der Waals surface area (Å²) in [5.41, 5.74) is 0.618. The number of hydrogen-bond donors (Lipinski definition) is 1. The number of piperidine rings is 1. The van der Waals surface area contributed by atoms with Crippen LogP contribution in [0.3, 0.4) is 0 Å². The highest BCUT2D eigenvalue weighted by molar-refractivity contribution is 5.94. The summed E-state index contributed by atoms with van der Waals surface area (Å²) in [5.74, 6) is -0.0107. The van der Waals surface area contributed by atoms with Crippen LogP contribution < -0.4 is 0 Å². The van der Waals surface area contributed by atoms with Crippen molar-refractivity contribution in [1.82, 2.24) is 14.7 Å². The van der Waals surface area contributed by atoms with E-state index in [1.54, 1.807) is 22.0 Å². The summed E-state index contributed by atoms with van der Waals surface area (Å²) < 4.78 is 1.74. The van der Waals surface area contributed by atoms with Gasteiger partial charge in [0.2, 0.25) is 0 Å². The highest BCUT2D eigenvalue weighted by Gasteiger charge is 2.27. The van der Waals surface area contributed by atoms with Crippen LogP contribution >= 0.6 is 0 Å². The van der Waals surface area contributed by atoms with Crippen molar-refractivity contribution in [2.75, 3.05) is 13.2 Å². The monoisotopic (exact) mass is 237 g/mol. The lowest BCUT2D eigenvalue weighted by atomic mass is 10.0. The second-order valence-corrected chi connectivity index (χ2v) is 4.42. The molecule has 94 valence electrons. The first kappa shape index (κ1) is 12.1. The first-order chi connectivity index (χ1) is 8.26. The number of nitrogens with zero attached hydrogens (tertiary/aromatic N) is 3. The van der Waals surface area contributed by atoms with Crippen LogP contribution in [0.25, 0.3) is 0 Å². The van der Waals surface area contributed by atoms with E-state index in [9.17, 15) is 9.90 Å². The number of aryl methyl sites for hydroxylation is 1. The Kier molecular flexibility index (Phi) is 3.78. The number of amides is 1. The van der Waals surface area contributed by atoms with Crippen LogP contribution in [0, 0.1) is 0 Å².